The molecule has 0 spiro atoms. The second kappa shape index (κ2) is 17.4. The lowest BCUT2D eigenvalue weighted by Gasteiger charge is -2.35. The molecule has 10 heteroatoms. The van der Waals surface area contributed by atoms with Crippen LogP contribution in [-0.2, 0) is 32.6 Å². The number of hydrogen-bond acceptors (Lipinski definition) is 5. The van der Waals surface area contributed by atoms with Gasteiger partial charge in [-0.2, -0.15) is 0 Å². The number of rotatable bonds is 14. The standard InChI is InChI=1S/C43H44FN3O5S/c1-32-21-27-39(28-22-32)53(50,51)47(36-23-25-38(26-24-36)52-37-18-9-4-10-19-37)31-42(48)46(30-34-15-11-12-20-40(34)44)41(29-33-13-5-2-6-14-33)43(49)45-35-16-7-3-8-17-35/h2,4-6,9-15,18-28,35,41H,3,7-8,16-17,29-31H2,1H3,(H,45,49)/t41-/m0/s1. The van der Waals surface area contributed by atoms with Gasteiger partial charge in [0.2, 0.25) is 11.8 Å². The Labute approximate surface area is 311 Å². The van der Waals surface area contributed by atoms with Crippen LogP contribution >= 0.6 is 0 Å². The van der Waals surface area contributed by atoms with E-state index in [4.69, 9.17) is 4.74 Å². The Morgan fingerprint density at radius 1 is 0.774 bits per heavy atom. The highest BCUT2D eigenvalue weighted by Gasteiger charge is 2.36. The van der Waals surface area contributed by atoms with Gasteiger partial charge >= 0.3 is 0 Å². The largest absolute Gasteiger partial charge is 0.457 e. The van der Waals surface area contributed by atoms with Crippen molar-refractivity contribution in [2.75, 3.05) is 10.8 Å². The number of nitrogens with zero attached hydrogens (tertiary/aromatic N) is 2. The van der Waals surface area contributed by atoms with Crippen LogP contribution in [0, 0.1) is 12.7 Å². The lowest BCUT2D eigenvalue weighted by atomic mass is 9.94. The minimum absolute atomic E-state index is 0.00274. The summed E-state index contributed by atoms with van der Waals surface area (Å²) in [5, 5.41) is 3.18. The molecule has 8 nitrogen and oxygen atoms in total. The molecular formula is C43H44FN3O5S. The normalized spacial score (nSPS) is 13.8. The molecule has 0 bridgehead atoms. The molecule has 274 valence electrons. The van der Waals surface area contributed by atoms with Crippen LogP contribution in [0.25, 0.3) is 0 Å². The summed E-state index contributed by atoms with van der Waals surface area (Å²) >= 11 is 0. The molecule has 1 fully saturated rings. The molecule has 0 unspecified atom stereocenters. The van der Waals surface area contributed by atoms with Crippen molar-refractivity contribution in [1.29, 1.82) is 0 Å². The average Bonchev–Trinajstić information content (AvgIpc) is 3.17. The van der Waals surface area contributed by atoms with Crippen LogP contribution in [0.4, 0.5) is 10.1 Å². The molecule has 0 radical (unpaired) electrons. The van der Waals surface area contributed by atoms with Crippen molar-refractivity contribution in [3.8, 4) is 11.5 Å². The third-order valence-corrected chi connectivity index (χ3v) is 11.3. The first-order valence-electron chi connectivity index (χ1n) is 18.0. The Kier molecular flexibility index (Phi) is 12.2. The van der Waals surface area contributed by atoms with Gasteiger partial charge in [0, 0.05) is 24.6 Å². The predicted octanol–water partition coefficient (Wildman–Crippen LogP) is 8.21. The summed E-state index contributed by atoms with van der Waals surface area (Å²) in [6.45, 7) is 0.962. The smallest absolute Gasteiger partial charge is 0.264 e. The van der Waals surface area contributed by atoms with Crippen LogP contribution in [-0.4, -0.2) is 43.8 Å². The van der Waals surface area contributed by atoms with Gasteiger partial charge in [-0.1, -0.05) is 104 Å². The molecule has 0 saturated heterocycles. The topological polar surface area (TPSA) is 96.0 Å². The van der Waals surface area contributed by atoms with Crippen molar-refractivity contribution < 1.29 is 27.1 Å². The van der Waals surface area contributed by atoms with Crippen LogP contribution in [0.15, 0.2) is 138 Å². The maximum Gasteiger partial charge on any atom is 0.264 e. The number of anilines is 1. The number of halogens is 1. The van der Waals surface area contributed by atoms with Crippen LogP contribution < -0.4 is 14.4 Å². The number of nitrogens with one attached hydrogen (secondary N) is 1. The molecule has 1 aliphatic rings. The van der Waals surface area contributed by atoms with E-state index in [1.807, 2.05) is 55.5 Å². The fraction of sp³-hybridized carbons (Fsp3) is 0.256. The Hall–Kier alpha value is -5.48. The fourth-order valence-corrected chi connectivity index (χ4v) is 7.99. The van der Waals surface area contributed by atoms with Gasteiger partial charge in [0.05, 0.1) is 10.6 Å². The number of amides is 2. The van der Waals surface area contributed by atoms with E-state index in [0.29, 0.717) is 11.5 Å². The Morgan fingerprint density at radius 2 is 1.38 bits per heavy atom. The van der Waals surface area contributed by atoms with Crippen LogP contribution in [0.3, 0.4) is 0 Å². The van der Waals surface area contributed by atoms with Crippen LogP contribution in [0.2, 0.25) is 0 Å². The number of carbonyl (C=O) groups excluding carboxylic acids is 2. The average molecular weight is 734 g/mol. The van der Waals surface area contributed by atoms with Gasteiger partial charge in [-0.15, -0.1) is 0 Å². The molecule has 53 heavy (non-hydrogen) atoms. The van der Waals surface area contributed by atoms with Crippen LogP contribution in [0.1, 0.15) is 48.8 Å². The van der Waals surface area contributed by atoms with E-state index < -0.39 is 34.3 Å². The summed E-state index contributed by atoms with van der Waals surface area (Å²) in [4.78, 5) is 30.4. The zero-order valence-electron chi connectivity index (χ0n) is 29.7. The molecule has 0 aromatic heterocycles. The Balaban J connectivity index is 1.39. The van der Waals surface area contributed by atoms with Crippen molar-refractivity contribution in [2.24, 2.45) is 0 Å². The summed E-state index contributed by atoms with van der Waals surface area (Å²) in [7, 11) is -4.31. The zero-order chi connectivity index (χ0) is 37.2. The van der Waals surface area contributed by atoms with E-state index in [2.05, 4.69) is 5.32 Å². The summed E-state index contributed by atoms with van der Waals surface area (Å²) in [6.07, 6.45) is 4.90. The van der Waals surface area contributed by atoms with Gasteiger partial charge in [0.15, 0.2) is 0 Å². The Morgan fingerprint density at radius 3 is 2.04 bits per heavy atom. The minimum Gasteiger partial charge on any atom is -0.457 e. The highest BCUT2D eigenvalue weighted by Crippen LogP contribution is 2.29. The van der Waals surface area contributed by atoms with E-state index in [9.17, 15) is 18.0 Å². The van der Waals surface area contributed by atoms with Crippen molar-refractivity contribution in [2.45, 2.75) is 69.0 Å². The molecule has 5 aromatic carbocycles. The highest BCUT2D eigenvalue weighted by atomic mass is 32.2. The second-order valence-electron chi connectivity index (χ2n) is 13.4. The molecule has 0 heterocycles. The fourth-order valence-electron chi connectivity index (χ4n) is 6.58. The molecule has 1 aliphatic carbocycles. The highest BCUT2D eigenvalue weighted by molar-refractivity contribution is 7.92. The number of aryl methyl sites for hydroxylation is 1. The zero-order valence-corrected chi connectivity index (χ0v) is 30.6. The number of para-hydroxylation sites is 1. The van der Waals surface area contributed by atoms with E-state index in [1.54, 1.807) is 66.7 Å². The maximum absolute atomic E-state index is 15.3. The van der Waals surface area contributed by atoms with Gasteiger partial charge in [-0.3, -0.25) is 13.9 Å². The molecule has 0 aliphatic heterocycles. The van der Waals surface area contributed by atoms with E-state index in [-0.39, 0.29) is 41.1 Å². The molecule has 1 saturated carbocycles. The third-order valence-electron chi connectivity index (χ3n) is 9.51. The quantitative estimate of drug-likeness (QED) is 0.124. The first-order valence-corrected chi connectivity index (χ1v) is 19.4. The first kappa shape index (κ1) is 37.3. The molecule has 6 rings (SSSR count). The number of ether oxygens (including phenoxy) is 1. The number of carbonyl (C=O) groups is 2. The summed E-state index contributed by atoms with van der Waals surface area (Å²) in [5.74, 6) is -0.467. The maximum atomic E-state index is 15.3. The van der Waals surface area contributed by atoms with Crippen molar-refractivity contribution in [3.05, 3.63) is 156 Å². The van der Waals surface area contributed by atoms with Gasteiger partial charge in [-0.25, -0.2) is 12.8 Å². The summed E-state index contributed by atoms with van der Waals surface area (Å²) in [6, 6.07) is 36.3. The number of sulfonamides is 1. The van der Waals surface area contributed by atoms with Crippen molar-refractivity contribution in [3.63, 3.8) is 0 Å². The van der Waals surface area contributed by atoms with E-state index in [0.717, 1.165) is 47.5 Å². The van der Waals surface area contributed by atoms with Gasteiger partial charge in [0.1, 0.15) is 29.9 Å². The molecular weight excluding hydrogens is 690 g/mol. The SMILES string of the molecule is Cc1ccc(S(=O)(=O)N(CC(=O)N(Cc2ccccc2F)[C@@H](Cc2ccccc2)C(=O)NC2CCCCC2)c2ccc(Oc3ccccc3)cc2)cc1. The first-order chi connectivity index (χ1) is 25.7. The van der Waals surface area contributed by atoms with Gasteiger partial charge in [-0.05, 0) is 79.9 Å². The monoisotopic (exact) mass is 733 g/mol. The molecule has 5 aromatic rings. The molecule has 1 N–H and O–H groups in total. The lowest BCUT2D eigenvalue weighted by molar-refractivity contribution is -0.140. The van der Waals surface area contributed by atoms with Gasteiger partial charge < -0.3 is 15.0 Å². The second-order valence-corrected chi connectivity index (χ2v) is 15.3. The number of hydrogen-bond donors (Lipinski definition) is 1. The molecule has 1 atom stereocenters. The Bertz CT molecular complexity index is 2070. The predicted molar refractivity (Wildman–Crippen MR) is 205 cm³/mol. The van der Waals surface area contributed by atoms with Crippen molar-refractivity contribution in [1.82, 2.24) is 10.2 Å². The van der Waals surface area contributed by atoms with E-state index in [1.165, 1.54) is 23.1 Å². The van der Waals surface area contributed by atoms with Gasteiger partial charge in [0.25, 0.3) is 10.0 Å². The van der Waals surface area contributed by atoms with Crippen LogP contribution in [0.5, 0.6) is 11.5 Å². The molecule has 2 amide bonds. The lowest BCUT2D eigenvalue weighted by Crippen LogP contribution is -2.55. The van der Waals surface area contributed by atoms with Crippen molar-refractivity contribution >= 4 is 27.5 Å². The minimum atomic E-state index is -4.31. The summed E-state index contributed by atoms with van der Waals surface area (Å²) < 4.78 is 51.1. The third kappa shape index (κ3) is 9.70. The van der Waals surface area contributed by atoms with E-state index >= 15 is 4.39 Å². The number of benzene rings is 5. The summed E-state index contributed by atoms with van der Waals surface area (Å²) in [5.41, 5.74) is 2.11.